The fraction of sp³-hybridized carbons (Fsp3) is 0.625. The number of sulfone groups is 1. The molecule has 0 saturated heterocycles. The van der Waals surface area contributed by atoms with Gasteiger partial charge in [0.1, 0.15) is 5.25 Å². The fourth-order valence-electron chi connectivity index (χ4n) is 0.576. The van der Waals surface area contributed by atoms with Crippen molar-refractivity contribution >= 4 is 15.7 Å². The maximum Gasteiger partial charge on any atom is 0.238 e. The van der Waals surface area contributed by atoms with E-state index >= 15 is 0 Å². The lowest BCUT2D eigenvalue weighted by Crippen LogP contribution is -2.38. The molecule has 0 aromatic heterocycles. The van der Waals surface area contributed by atoms with Crippen LogP contribution in [0.5, 0.6) is 0 Å². The van der Waals surface area contributed by atoms with Gasteiger partial charge in [-0.05, 0) is 13.8 Å². The molecule has 1 N–H and O–H groups in total. The van der Waals surface area contributed by atoms with Crippen molar-refractivity contribution in [3.63, 3.8) is 0 Å². The van der Waals surface area contributed by atoms with E-state index in [9.17, 15) is 13.2 Å². The lowest BCUT2D eigenvalue weighted by atomic mass is 10.3. The topological polar surface area (TPSA) is 63.2 Å². The van der Waals surface area contributed by atoms with Crippen LogP contribution in [0, 0.1) is 0 Å². The zero-order valence-corrected chi connectivity index (χ0v) is 8.94. The van der Waals surface area contributed by atoms with E-state index in [2.05, 4.69) is 11.9 Å². The number of amides is 1. The molecule has 0 saturated carbocycles. The van der Waals surface area contributed by atoms with E-state index in [-0.39, 0.29) is 0 Å². The van der Waals surface area contributed by atoms with Gasteiger partial charge in [-0.1, -0.05) is 12.2 Å². The minimum absolute atomic E-state index is 0.318. The number of rotatable bonds is 4. The zero-order valence-electron chi connectivity index (χ0n) is 8.12. The lowest BCUT2D eigenvalue weighted by Gasteiger charge is -2.09. The van der Waals surface area contributed by atoms with E-state index in [1.54, 1.807) is 6.92 Å². The van der Waals surface area contributed by atoms with Crippen LogP contribution in [0.25, 0.3) is 0 Å². The summed E-state index contributed by atoms with van der Waals surface area (Å²) in [4.78, 5) is 11.2. The first-order valence-electron chi connectivity index (χ1n) is 3.86. The van der Waals surface area contributed by atoms with Crippen molar-refractivity contribution < 1.29 is 13.2 Å². The highest BCUT2D eigenvalue weighted by atomic mass is 32.2. The highest BCUT2D eigenvalue weighted by molar-refractivity contribution is 7.92. The van der Waals surface area contributed by atoms with E-state index in [1.165, 1.54) is 6.92 Å². The van der Waals surface area contributed by atoms with Crippen LogP contribution in [0.3, 0.4) is 0 Å². The molecule has 1 amide bonds. The van der Waals surface area contributed by atoms with Crippen LogP contribution in [-0.2, 0) is 14.6 Å². The lowest BCUT2D eigenvalue weighted by molar-refractivity contribution is -0.120. The molecule has 0 fully saturated rings. The minimum Gasteiger partial charge on any atom is -0.351 e. The molecule has 1 atom stereocenters. The van der Waals surface area contributed by atoms with E-state index in [0.717, 1.165) is 11.8 Å². The van der Waals surface area contributed by atoms with Gasteiger partial charge in [-0.25, -0.2) is 8.42 Å². The summed E-state index contributed by atoms with van der Waals surface area (Å²) < 4.78 is 21.9. The van der Waals surface area contributed by atoms with Crippen molar-refractivity contribution in [3.8, 4) is 0 Å². The molecule has 13 heavy (non-hydrogen) atoms. The summed E-state index contributed by atoms with van der Waals surface area (Å²) >= 11 is 0. The molecule has 0 aromatic rings. The first-order chi connectivity index (χ1) is 5.75. The van der Waals surface area contributed by atoms with Gasteiger partial charge < -0.3 is 5.32 Å². The smallest absolute Gasteiger partial charge is 0.238 e. The number of nitrogens with one attached hydrogen (secondary N) is 1. The van der Waals surface area contributed by atoms with E-state index < -0.39 is 21.0 Å². The number of hydrogen-bond donors (Lipinski definition) is 1. The van der Waals surface area contributed by atoms with Crippen LogP contribution < -0.4 is 5.32 Å². The second-order valence-corrected chi connectivity index (χ2v) is 5.51. The number of carbonyl (C=O) groups is 1. The quantitative estimate of drug-likeness (QED) is 0.663. The van der Waals surface area contributed by atoms with Crippen molar-refractivity contribution in [1.82, 2.24) is 5.32 Å². The van der Waals surface area contributed by atoms with E-state index in [4.69, 9.17) is 0 Å². The molecule has 0 spiro atoms. The van der Waals surface area contributed by atoms with Gasteiger partial charge in [0.15, 0.2) is 9.84 Å². The zero-order chi connectivity index (χ0) is 10.6. The molecule has 0 aliphatic heterocycles. The monoisotopic (exact) mass is 205 g/mol. The Morgan fingerprint density at radius 1 is 1.54 bits per heavy atom. The molecular formula is C8H15NO3S. The second-order valence-electron chi connectivity index (χ2n) is 3.15. The Bertz CT molecular complexity index is 305. The number of carbonyl (C=O) groups excluding carboxylic acids is 1. The van der Waals surface area contributed by atoms with Gasteiger partial charge >= 0.3 is 0 Å². The molecule has 4 nitrogen and oxygen atoms in total. The molecule has 0 aliphatic carbocycles. The maximum atomic E-state index is 11.2. The van der Waals surface area contributed by atoms with Gasteiger partial charge in [-0.3, -0.25) is 4.79 Å². The van der Waals surface area contributed by atoms with Crippen molar-refractivity contribution in [2.75, 3.05) is 12.8 Å². The highest BCUT2D eigenvalue weighted by Crippen LogP contribution is 1.97. The van der Waals surface area contributed by atoms with Gasteiger partial charge in [0.2, 0.25) is 5.91 Å². The van der Waals surface area contributed by atoms with E-state index in [1.807, 2.05) is 0 Å². The Kier molecular flexibility index (Phi) is 4.13. The first-order valence-corrected chi connectivity index (χ1v) is 5.81. The van der Waals surface area contributed by atoms with Gasteiger partial charge in [-0.2, -0.15) is 0 Å². The predicted molar refractivity (Wildman–Crippen MR) is 52.1 cm³/mol. The standard InChI is InChI=1S/C8H15NO3S/c1-6(2)5-9-8(10)7(3)13(4,11)12/h7H,1,5H2,2-4H3,(H,9,10). The van der Waals surface area contributed by atoms with E-state index in [0.29, 0.717) is 6.54 Å². The summed E-state index contributed by atoms with van der Waals surface area (Å²) in [6.45, 7) is 7.02. The summed E-state index contributed by atoms with van der Waals surface area (Å²) in [5.74, 6) is -0.481. The second kappa shape index (κ2) is 4.41. The van der Waals surface area contributed by atoms with Crippen LogP contribution in [0.1, 0.15) is 13.8 Å². The molecule has 0 bridgehead atoms. The summed E-state index contributed by atoms with van der Waals surface area (Å²) in [6.07, 6.45) is 1.04. The van der Waals surface area contributed by atoms with Crippen LogP contribution in [0.4, 0.5) is 0 Å². The third-order valence-corrected chi connectivity index (χ3v) is 3.07. The summed E-state index contributed by atoms with van der Waals surface area (Å²) in [6, 6.07) is 0. The van der Waals surface area contributed by atoms with Crippen molar-refractivity contribution in [2.45, 2.75) is 19.1 Å². The summed E-state index contributed by atoms with van der Waals surface area (Å²) in [5.41, 5.74) is 0.786. The van der Waals surface area contributed by atoms with Crippen LogP contribution >= 0.6 is 0 Å². The van der Waals surface area contributed by atoms with Crippen LogP contribution in [-0.4, -0.2) is 32.4 Å². The van der Waals surface area contributed by atoms with Crippen molar-refractivity contribution in [1.29, 1.82) is 0 Å². The average molecular weight is 205 g/mol. The van der Waals surface area contributed by atoms with Crippen molar-refractivity contribution in [2.24, 2.45) is 0 Å². The van der Waals surface area contributed by atoms with Crippen molar-refractivity contribution in [3.05, 3.63) is 12.2 Å². The Morgan fingerprint density at radius 2 is 2.00 bits per heavy atom. The molecule has 0 aromatic carbocycles. The number of hydrogen-bond acceptors (Lipinski definition) is 3. The molecular weight excluding hydrogens is 190 g/mol. The molecule has 0 heterocycles. The molecule has 0 rings (SSSR count). The van der Waals surface area contributed by atoms with Crippen LogP contribution in [0.15, 0.2) is 12.2 Å². The van der Waals surface area contributed by atoms with Crippen LogP contribution in [0.2, 0.25) is 0 Å². The maximum absolute atomic E-state index is 11.2. The largest absolute Gasteiger partial charge is 0.351 e. The SMILES string of the molecule is C=C(C)CNC(=O)C(C)S(C)(=O)=O. The normalized spacial score (nSPS) is 13.5. The molecule has 5 heteroatoms. The molecule has 76 valence electrons. The van der Waals surface area contributed by atoms with Gasteiger partial charge in [0.05, 0.1) is 0 Å². The summed E-state index contributed by atoms with van der Waals surface area (Å²) in [5, 5.41) is 1.48. The molecule has 1 unspecified atom stereocenters. The highest BCUT2D eigenvalue weighted by Gasteiger charge is 2.22. The first kappa shape index (κ1) is 12.2. The minimum atomic E-state index is -3.29. The van der Waals surface area contributed by atoms with Gasteiger partial charge in [0, 0.05) is 12.8 Å². The van der Waals surface area contributed by atoms with Gasteiger partial charge in [0.25, 0.3) is 0 Å². The van der Waals surface area contributed by atoms with Gasteiger partial charge in [-0.15, -0.1) is 0 Å². The summed E-state index contributed by atoms with van der Waals surface area (Å²) in [7, 11) is -3.29. The fourth-order valence-corrected chi connectivity index (χ4v) is 1.05. The molecule has 0 radical (unpaired) electrons. The Balaban J connectivity index is 4.22. The average Bonchev–Trinajstić information content (AvgIpc) is 1.96. The Labute approximate surface area is 78.9 Å². The third-order valence-electron chi connectivity index (χ3n) is 1.58. The Hall–Kier alpha value is -0.840. The Morgan fingerprint density at radius 3 is 2.31 bits per heavy atom. The third kappa shape index (κ3) is 4.67. The predicted octanol–water partition coefficient (Wildman–Crippen LogP) is 0.112. The molecule has 0 aliphatic rings.